The minimum Gasteiger partial charge on any atom is -0.497 e. The largest absolute Gasteiger partial charge is 0.497 e. The van der Waals surface area contributed by atoms with Gasteiger partial charge in [-0.05, 0) is 48.2 Å². The second kappa shape index (κ2) is 11.1. The van der Waals surface area contributed by atoms with E-state index in [1.165, 1.54) is 4.31 Å². The SMILES string of the molecule is CCC(NC(=O)CCc1ccc(S(=O)(=O)N(CC)CC)cc1)c1ccc(OC)cc1. The summed E-state index contributed by atoms with van der Waals surface area (Å²) in [6.45, 7) is 6.55. The summed E-state index contributed by atoms with van der Waals surface area (Å²) in [5.74, 6) is 0.754. The molecule has 1 unspecified atom stereocenters. The van der Waals surface area contributed by atoms with Gasteiger partial charge in [0.15, 0.2) is 0 Å². The minimum atomic E-state index is -3.46. The molecule has 0 fully saturated rings. The third-order valence-corrected chi connectivity index (χ3v) is 7.23. The van der Waals surface area contributed by atoms with Crippen LogP contribution in [0.3, 0.4) is 0 Å². The predicted octanol–water partition coefficient (Wildman–Crippen LogP) is 3.93. The Bertz CT molecular complexity index is 905. The molecular weight excluding hydrogens is 400 g/mol. The number of ether oxygens (including phenoxy) is 1. The number of sulfonamides is 1. The first kappa shape index (κ1) is 23.9. The smallest absolute Gasteiger partial charge is 0.243 e. The van der Waals surface area contributed by atoms with Gasteiger partial charge in [0, 0.05) is 19.5 Å². The number of amides is 1. The van der Waals surface area contributed by atoms with E-state index in [4.69, 9.17) is 4.74 Å². The third-order valence-electron chi connectivity index (χ3n) is 5.17. The average molecular weight is 433 g/mol. The molecule has 30 heavy (non-hydrogen) atoms. The van der Waals surface area contributed by atoms with Crippen LogP contribution < -0.4 is 10.1 Å². The molecule has 0 saturated heterocycles. The van der Waals surface area contributed by atoms with Gasteiger partial charge in [-0.15, -0.1) is 0 Å². The van der Waals surface area contributed by atoms with Crippen LogP contribution in [0.15, 0.2) is 53.4 Å². The Balaban J connectivity index is 1.95. The van der Waals surface area contributed by atoms with Crippen molar-refractivity contribution >= 4 is 15.9 Å². The maximum absolute atomic E-state index is 12.6. The van der Waals surface area contributed by atoms with E-state index >= 15 is 0 Å². The summed E-state index contributed by atoms with van der Waals surface area (Å²) >= 11 is 0. The van der Waals surface area contributed by atoms with Crippen LogP contribution in [0, 0.1) is 0 Å². The van der Waals surface area contributed by atoms with Crippen LogP contribution in [0.5, 0.6) is 5.75 Å². The summed E-state index contributed by atoms with van der Waals surface area (Å²) in [4.78, 5) is 12.7. The molecule has 0 saturated carbocycles. The summed E-state index contributed by atoms with van der Waals surface area (Å²) < 4.78 is 31.7. The van der Waals surface area contributed by atoms with Crippen LogP contribution >= 0.6 is 0 Å². The molecule has 164 valence electrons. The summed E-state index contributed by atoms with van der Waals surface area (Å²) in [5.41, 5.74) is 1.97. The van der Waals surface area contributed by atoms with Crippen molar-refractivity contribution in [2.45, 2.75) is 51.0 Å². The molecule has 2 aromatic rings. The monoisotopic (exact) mass is 432 g/mol. The molecule has 0 bridgehead atoms. The zero-order valence-corrected chi connectivity index (χ0v) is 19.0. The number of carbonyl (C=O) groups is 1. The van der Waals surface area contributed by atoms with Crippen molar-refractivity contribution in [3.8, 4) is 5.75 Å². The number of carbonyl (C=O) groups excluding carboxylic acids is 1. The van der Waals surface area contributed by atoms with Crippen LogP contribution in [0.1, 0.15) is 50.8 Å². The molecule has 7 heteroatoms. The number of hydrogen-bond donors (Lipinski definition) is 1. The molecule has 0 radical (unpaired) electrons. The first-order chi connectivity index (χ1) is 14.3. The van der Waals surface area contributed by atoms with E-state index in [-0.39, 0.29) is 16.8 Å². The lowest BCUT2D eigenvalue weighted by Gasteiger charge is -2.19. The van der Waals surface area contributed by atoms with Crippen molar-refractivity contribution in [1.29, 1.82) is 0 Å². The van der Waals surface area contributed by atoms with Crippen molar-refractivity contribution in [1.82, 2.24) is 9.62 Å². The quantitative estimate of drug-likeness (QED) is 0.584. The second-order valence-electron chi connectivity index (χ2n) is 7.03. The highest BCUT2D eigenvalue weighted by atomic mass is 32.2. The zero-order valence-electron chi connectivity index (χ0n) is 18.2. The van der Waals surface area contributed by atoms with Gasteiger partial charge in [0.25, 0.3) is 0 Å². The van der Waals surface area contributed by atoms with Crippen molar-refractivity contribution < 1.29 is 17.9 Å². The fourth-order valence-electron chi connectivity index (χ4n) is 3.32. The summed E-state index contributed by atoms with van der Waals surface area (Å²) in [5, 5.41) is 3.07. The highest BCUT2D eigenvalue weighted by molar-refractivity contribution is 7.89. The summed E-state index contributed by atoms with van der Waals surface area (Å²) in [6, 6.07) is 14.4. The lowest BCUT2D eigenvalue weighted by molar-refractivity contribution is -0.121. The third kappa shape index (κ3) is 6.06. The van der Waals surface area contributed by atoms with E-state index in [0.29, 0.717) is 25.9 Å². The Morgan fingerprint density at radius 3 is 2.10 bits per heavy atom. The number of nitrogens with zero attached hydrogens (tertiary/aromatic N) is 1. The molecule has 0 aliphatic carbocycles. The average Bonchev–Trinajstić information content (AvgIpc) is 2.77. The van der Waals surface area contributed by atoms with E-state index in [9.17, 15) is 13.2 Å². The maximum atomic E-state index is 12.6. The standard InChI is InChI=1S/C23H32N2O4S/c1-5-22(19-11-13-20(29-4)14-12-19)24-23(26)17-10-18-8-15-21(16-9-18)30(27,28)25(6-2)7-3/h8-9,11-16,22H,5-7,10,17H2,1-4H3,(H,24,26). The number of aryl methyl sites for hydroxylation is 1. The second-order valence-corrected chi connectivity index (χ2v) is 8.97. The zero-order chi connectivity index (χ0) is 22.1. The Hall–Kier alpha value is -2.38. The molecule has 1 amide bonds. The molecule has 2 aromatic carbocycles. The van der Waals surface area contributed by atoms with Gasteiger partial charge in [-0.2, -0.15) is 4.31 Å². The van der Waals surface area contributed by atoms with Gasteiger partial charge in [-0.25, -0.2) is 8.42 Å². The molecule has 1 atom stereocenters. The van der Waals surface area contributed by atoms with Gasteiger partial charge < -0.3 is 10.1 Å². The Morgan fingerprint density at radius 1 is 1.00 bits per heavy atom. The number of nitrogens with one attached hydrogen (secondary N) is 1. The van der Waals surface area contributed by atoms with Gasteiger partial charge in [0.1, 0.15) is 5.75 Å². The van der Waals surface area contributed by atoms with Crippen molar-refractivity contribution in [2.75, 3.05) is 20.2 Å². The van der Waals surface area contributed by atoms with Crippen LogP contribution in [-0.2, 0) is 21.2 Å². The Kier molecular flexibility index (Phi) is 8.87. The lowest BCUT2D eigenvalue weighted by Crippen LogP contribution is -2.30. The van der Waals surface area contributed by atoms with Crippen LogP contribution in [0.25, 0.3) is 0 Å². The maximum Gasteiger partial charge on any atom is 0.243 e. The molecule has 1 N–H and O–H groups in total. The van der Waals surface area contributed by atoms with E-state index in [1.807, 2.05) is 45.0 Å². The van der Waals surface area contributed by atoms with Crippen molar-refractivity contribution in [3.05, 3.63) is 59.7 Å². The normalized spacial score (nSPS) is 12.6. The Labute approximate surface area is 180 Å². The predicted molar refractivity (Wildman–Crippen MR) is 119 cm³/mol. The Morgan fingerprint density at radius 2 is 1.60 bits per heavy atom. The highest BCUT2D eigenvalue weighted by Gasteiger charge is 2.21. The minimum absolute atomic E-state index is 0.0301. The number of hydrogen-bond acceptors (Lipinski definition) is 4. The van der Waals surface area contributed by atoms with E-state index < -0.39 is 10.0 Å². The lowest BCUT2D eigenvalue weighted by atomic mass is 10.0. The molecule has 6 nitrogen and oxygen atoms in total. The van der Waals surface area contributed by atoms with Gasteiger partial charge in [-0.3, -0.25) is 4.79 Å². The number of benzene rings is 2. The first-order valence-electron chi connectivity index (χ1n) is 10.4. The molecule has 0 aromatic heterocycles. The molecule has 0 aliphatic rings. The van der Waals surface area contributed by atoms with Gasteiger partial charge in [0.2, 0.25) is 15.9 Å². The molecular formula is C23H32N2O4S. The summed E-state index contributed by atoms with van der Waals surface area (Å²) in [6.07, 6.45) is 1.68. The van der Waals surface area contributed by atoms with Gasteiger partial charge in [0.05, 0.1) is 18.0 Å². The van der Waals surface area contributed by atoms with Crippen molar-refractivity contribution in [2.24, 2.45) is 0 Å². The van der Waals surface area contributed by atoms with Gasteiger partial charge >= 0.3 is 0 Å². The van der Waals surface area contributed by atoms with E-state index in [2.05, 4.69) is 5.32 Å². The van der Waals surface area contributed by atoms with Crippen LogP contribution in [-0.4, -0.2) is 38.8 Å². The number of methoxy groups -OCH3 is 1. The van der Waals surface area contributed by atoms with E-state index in [1.54, 1.807) is 31.4 Å². The van der Waals surface area contributed by atoms with Gasteiger partial charge in [-0.1, -0.05) is 45.0 Å². The highest BCUT2D eigenvalue weighted by Crippen LogP contribution is 2.21. The van der Waals surface area contributed by atoms with E-state index in [0.717, 1.165) is 23.3 Å². The molecule has 0 aliphatic heterocycles. The summed E-state index contributed by atoms with van der Waals surface area (Å²) in [7, 11) is -1.83. The number of rotatable bonds is 11. The molecule has 0 heterocycles. The van der Waals surface area contributed by atoms with Crippen LogP contribution in [0.2, 0.25) is 0 Å². The fourth-order valence-corrected chi connectivity index (χ4v) is 4.78. The topological polar surface area (TPSA) is 75.7 Å². The molecule has 2 rings (SSSR count). The van der Waals surface area contributed by atoms with Crippen LogP contribution in [0.4, 0.5) is 0 Å². The molecule has 0 spiro atoms. The fraction of sp³-hybridized carbons (Fsp3) is 0.435. The van der Waals surface area contributed by atoms with Crippen molar-refractivity contribution in [3.63, 3.8) is 0 Å². The first-order valence-corrected chi connectivity index (χ1v) is 11.8.